The molecule has 2 N–H and O–H groups in total. The van der Waals surface area contributed by atoms with E-state index in [0.717, 1.165) is 10.9 Å². The Hall–Kier alpha value is -0.480. The molecule has 0 aliphatic carbocycles. The molecule has 0 aromatic carbocycles. The lowest BCUT2D eigenvalue weighted by Gasteiger charge is -1.97. The minimum absolute atomic E-state index is 0.339. The number of hydrogen-bond donors (Lipinski definition) is 1. The van der Waals surface area contributed by atoms with Gasteiger partial charge in [0.05, 0.1) is 5.69 Å². The summed E-state index contributed by atoms with van der Waals surface area (Å²) >= 11 is 8.06. The van der Waals surface area contributed by atoms with Crippen molar-refractivity contribution < 1.29 is 0 Å². The number of rotatable bonds is 2. The average Bonchev–Trinajstić information content (AvgIpc) is 2.05. The van der Waals surface area contributed by atoms with E-state index >= 15 is 0 Å². The summed E-state index contributed by atoms with van der Waals surface area (Å²) in [6, 6.07) is 3.76. The van der Waals surface area contributed by atoms with Gasteiger partial charge in [-0.15, -0.1) is 0 Å². The maximum absolute atomic E-state index is 5.36. The van der Waals surface area contributed by atoms with Crippen molar-refractivity contribution in [1.29, 1.82) is 0 Å². The quantitative estimate of drug-likeness (QED) is 0.620. The maximum Gasteiger partial charge on any atom is 0.122 e. The molecular weight excluding hydrogens is 224 g/mol. The van der Waals surface area contributed by atoms with Crippen molar-refractivity contribution in [1.82, 2.24) is 4.98 Å². The van der Waals surface area contributed by atoms with E-state index in [1.54, 1.807) is 6.20 Å². The second-order valence-electron chi connectivity index (χ2n) is 2.05. The second-order valence-corrected chi connectivity index (χ2v) is 3.05. The normalized spacial score (nSPS) is 9.55. The van der Waals surface area contributed by atoms with Crippen LogP contribution < -0.4 is 5.73 Å². The lowest BCUT2D eigenvalue weighted by molar-refractivity contribution is 1.23. The number of pyridine rings is 1. The first-order valence-corrected chi connectivity index (χ1v) is 4.57. The van der Waals surface area contributed by atoms with Crippen molar-refractivity contribution in [3.05, 3.63) is 29.6 Å². The molecule has 0 saturated heterocycles. The zero-order valence-electron chi connectivity index (χ0n) is 5.75. The molecule has 0 bridgehead atoms. The molecule has 1 aromatic heterocycles. The SMILES string of the molecule is NC(=S)c1ccc(CBr)cn1. The number of halogens is 1. The van der Waals surface area contributed by atoms with Crippen LogP contribution in [-0.2, 0) is 5.33 Å². The Morgan fingerprint density at radius 2 is 2.36 bits per heavy atom. The molecule has 0 aliphatic heterocycles. The summed E-state index contributed by atoms with van der Waals surface area (Å²) in [4.78, 5) is 4.39. The Bertz CT molecular complexity index is 258. The number of aromatic nitrogens is 1. The van der Waals surface area contributed by atoms with Crippen LogP contribution in [-0.4, -0.2) is 9.97 Å². The highest BCUT2D eigenvalue weighted by atomic mass is 79.9. The molecule has 11 heavy (non-hydrogen) atoms. The summed E-state index contributed by atoms with van der Waals surface area (Å²) in [5, 5.41) is 0.803. The zero-order chi connectivity index (χ0) is 8.27. The molecule has 0 amide bonds. The molecule has 58 valence electrons. The Morgan fingerprint density at radius 3 is 2.73 bits per heavy atom. The lowest BCUT2D eigenvalue weighted by atomic mass is 10.3. The standard InChI is InChI=1S/C7H7BrN2S/c8-3-5-1-2-6(7(9)11)10-4-5/h1-2,4H,3H2,(H2,9,11). The Labute approximate surface area is 78.9 Å². The molecule has 0 unspecified atom stereocenters. The van der Waals surface area contributed by atoms with E-state index in [1.165, 1.54) is 0 Å². The molecule has 0 radical (unpaired) electrons. The Kier molecular flexibility index (Phi) is 2.96. The van der Waals surface area contributed by atoms with Crippen LogP contribution in [0, 0.1) is 0 Å². The largest absolute Gasteiger partial charge is 0.388 e. The Morgan fingerprint density at radius 1 is 1.64 bits per heavy atom. The number of nitrogens with two attached hydrogens (primary N) is 1. The van der Waals surface area contributed by atoms with Crippen molar-refractivity contribution in [3.8, 4) is 0 Å². The third-order valence-electron chi connectivity index (χ3n) is 1.23. The van der Waals surface area contributed by atoms with Crippen molar-refractivity contribution in [2.24, 2.45) is 5.73 Å². The van der Waals surface area contributed by atoms with Crippen LogP contribution in [0.4, 0.5) is 0 Å². The summed E-state index contributed by atoms with van der Waals surface area (Å²) in [6.07, 6.45) is 1.75. The van der Waals surface area contributed by atoms with Gasteiger partial charge in [0.15, 0.2) is 0 Å². The third kappa shape index (κ3) is 2.24. The summed E-state index contributed by atoms with van der Waals surface area (Å²) < 4.78 is 0. The van der Waals surface area contributed by atoms with E-state index in [-0.39, 0.29) is 0 Å². The van der Waals surface area contributed by atoms with Crippen LogP contribution in [0.15, 0.2) is 18.3 Å². The zero-order valence-corrected chi connectivity index (χ0v) is 8.15. The molecular formula is C7H7BrN2S. The fourth-order valence-corrected chi connectivity index (χ4v) is 1.10. The summed E-state index contributed by atoms with van der Waals surface area (Å²) in [7, 11) is 0. The van der Waals surface area contributed by atoms with Crippen LogP contribution >= 0.6 is 28.1 Å². The van der Waals surface area contributed by atoms with Gasteiger partial charge in [0.1, 0.15) is 4.99 Å². The second kappa shape index (κ2) is 3.78. The van der Waals surface area contributed by atoms with Crippen molar-refractivity contribution in [3.63, 3.8) is 0 Å². The van der Waals surface area contributed by atoms with E-state index in [1.807, 2.05) is 12.1 Å². The minimum atomic E-state index is 0.339. The fourth-order valence-electron chi connectivity index (χ4n) is 0.649. The van der Waals surface area contributed by atoms with Gasteiger partial charge in [0, 0.05) is 11.5 Å². The molecule has 1 aromatic rings. The highest BCUT2D eigenvalue weighted by molar-refractivity contribution is 9.08. The van der Waals surface area contributed by atoms with Gasteiger partial charge < -0.3 is 5.73 Å². The van der Waals surface area contributed by atoms with Crippen molar-refractivity contribution in [2.75, 3.05) is 0 Å². The predicted octanol–water partition coefficient (Wildman–Crippen LogP) is 1.61. The highest BCUT2D eigenvalue weighted by Gasteiger charge is 1.96. The lowest BCUT2D eigenvalue weighted by Crippen LogP contribution is -2.11. The summed E-state index contributed by atoms with van der Waals surface area (Å²) in [5.74, 6) is 0. The monoisotopic (exact) mass is 230 g/mol. The average molecular weight is 231 g/mol. The van der Waals surface area contributed by atoms with Crippen LogP contribution in [0.5, 0.6) is 0 Å². The number of thiocarbonyl (C=S) groups is 1. The van der Waals surface area contributed by atoms with Gasteiger partial charge in [0.25, 0.3) is 0 Å². The number of nitrogens with zero attached hydrogens (tertiary/aromatic N) is 1. The van der Waals surface area contributed by atoms with E-state index in [0.29, 0.717) is 10.7 Å². The molecule has 4 heteroatoms. The molecule has 0 fully saturated rings. The first kappa shape index (κ1) is 8.62. The molecule has 0 saturated carbocycles. The van der Waals surface area contributed by atoms with Gasteiger partial charge in [-0.3, -0.25) is 4.98 Å². The van der Waals surface area contributed by atoms with E-state index in [4.69, 9.17) is 18.0 Å². The third-order valence-corrected chi connectivity index (χ3v) is 2.09. The van der Waals surface area contributed by atoms with Crippen molar-refractivity contribution in [2.45, 2.75) is 5.33 Å². The van der Waals surface area contributed by atoms with E-state index in [9.17, 15) is 0 Å². The van der Waals surface area contributed by atoms with Crippen molar-refractivity contribution >= 4 is 33.1 Å². The van der Waals surface area contributed by atoms with Gasteiger partial charge in [-0.05, 0) is 11.6 Å². The fraction of sp³-hybridized carbons (Fsp3) is 0.143. The van der Waals surface area contributed by atoms with Crippen LogP contribution in [0.2, 0.25) is 0 Å². The smallest absolute Gasteiger partial charge is 0.122 e. The summed E-state index contributed by atoms with van der Waals surface area (Å²) in [6.45, 7) is 0. The minimum Gasteiger partial charge on any atom is -0.388 e. The van der Waals surface area contributed by atoms with Crippen LogP contribution in [0.3, 0.4) is 0 Å². The molecule has 0 aliphatic rings. The number of hydrogen-bond acceptors (Lipinski definition) is 2. The van der Waals surface area contributed by atoms with Gasteiger partial charge >= 0.3 is 0 Å². The van der Waals surface area contributed by atoms with Gasteiger partial charge in [-0.25, -0.2) is 0 Å². The topological polar surface area (TPSA) is 38.9 Å². The summed E-state index contributed by atoms with van der Waals surface area (Å²) in [5.41, 5.74) is 7.15. The molecule has 1 heterocycles. The van der Waals surface area contributed by atoms with Gasteiger partial charge in [-0.1, -0.05) is 34.2 Å². The first-order valence-electron chi connectivity index (χ1n) is 3.04. The Balaban J connectivity index is 2.91. The number of alkyl halides is 1. The predicted molar refractivity (Wildman–Crippen MR) is 52.8 cm³/mol. The van der Waals surface area contributed by atoms with E-state index in [2.05, 4.69) is 20.9 Å². The van der Waals surface area contributed by atoms with Crippen LogP contribution in [0.1, 0.15) is 11.3 Å². The highest BCUT2D eigenvalue weighted by Crippen LogP contribution is 2.04. The van der Waals surface area contributed by atoms with Gasteiger partial charge in [-0.2, -0.15) is 0 Å². The van der Waals surface area contributed by atoms with Gasteiger partial charge in [0.2, 0.25) is 0 Å². The first-order chi connectivity index (χ1) is 5.24. The van der Waals surface area contributed by atoms with E-state index < -0.39 is 0 Å². The van der Waals surface area contributed by atoms with Crippen LogP contribution in [0.25, 0.3) is 0 Å². The molecule has 0 spiro atoms. The molecule has 1 rings (SSSR count). The molecule has 0 atom stereocenters. The molecule has 2 nitrogen and oxygen atoms in total. The maximum atomic E-state index is 5.36.